The van der Waals surface area contributed by atoms with Crippen molar-refractivity contribution in [2.75, 3.05) is 38.2 Å². The summed E-state index contributed by atoms with van der Waals surface area (Å²) >= 11 is 1.63. The van der Waals surface area contributed by atoms with E-state index in [-0.39, 0.29) is 5.91 Å². The zero-order valence-corrected chi connectivity index (χ0v) is 18.1. The molecule has 0 unspecified atom stereocenters. The summed E-state index contributed by atoms with van der Waals surface area (Å²) in [6.07, 6.45) is 0. The molecule has 31 heavy (non-hydrogen) atoms. The van der Waals surface area contributed by atoms with Crippen molar-refractivity contribution in [3.63, 3.8) is 0 Å². The first-order valence-corrected chi connectivity index (χ1v) is 11.3. The number of para-hydroxylation sites is 3. The highest BCUT2D eigenvalue weighted by Crippen LogP contribution is 2.30. The highest BCUT2D eigenvalue weighted by atomic mass is 32.1. The number of benzene rings is 2. The van der Waals surface area contributed by atoms with Gasteiger partial charge in [0.15, 0.2) is 0 Å². The SMILES string of the molecule is COc1ccccc1N1CCN(C(=O)c2cc(-c3ccsc3)nc3ccccc23)CC1. The number of methoxy groups -OCH3 is 1. The van der Waals surface area contributed by atoms with Crippen LogP contribution in [-0.4, -0.2) is 49.1 Å². The predicted molar refractivity (Wildman–Crippen MR) is 126 cm³/mol. The average molecular weight is 430 g/mol. The predicted octanol–water partition coefficient (Wildman–Crippen LogP) is 4.93. The number of hydrogen-bond donors (Lipinski definition) is 0. The molecule has 0 aliphatic carbocycles. The number of rotatable bonds is 4. The van der Waals surface area contributed by atoms with E-state index in [1.54, 1.807) is 18.4 Å². The second kappa shape index (κ2) is 8.40. The van der Waals surface area contributed by atoms with Crippen molar-refractivity contribution in [2.24, 2.45) is 0 Å². The van der Waals surface area contributed by atoms with Crippen molar-refractivity contribution in [1.29, 1.82) is 0 Å². The molecule has 1 aliphatic heterocycles. The van der Waals surface area contributed by atoms with Crippen LogP contribution in [0.1, 0.15) is 10.4 Å². The van der Waals surface area contributed by atoms with Crippen LogP contribution in [0.15, 0.2) is 71.4 Å². The summed E-state index contributed by atoms with van der Waals surface area (Å²) in [6.45, 7) is 2.88. The molecule has 5 nitrogen and oxygen atoms in total. The van der Waals surface area contributed by atoms with Gasteiger partial charge in [0.05, 0.1) is 29.6 Å². The third kappa shape index (κ3) is 3.75. The monoisotopic (exact) mass is 429 g/mol. The molecule has 4 aromatic rings. The van der Waals surface area contributed by atoms with Gasteiger partial charge < -0.3 is 14.5 Å². The van der Waals surface area contributed by atoms with Crippen molar-refractivity contribution < 1.29 is 9.53 Å². The summed E-state index contributed by atoms with van der Waals surface area (Å²) in [6, 6.07) is 19.9. The van der Waals surface area contributed by atoms with Crippen LogP contribution in [0.4, 0.5) is 5.69 Å². The van der Waals surface area contributed by atoms with E-state index in [1.807, 2.05) is 64.9 Å². The van der Waals surface area contributed by atoms with Crippen LogP contribution in [0.2, 0.25) is 0 Å². The minimum atomic E-state index is 0.0646. The van der Waals surface area contributed by atoms with Crippen LogP contribution in [0.25, 0.3) is 22.2 Å². The standard InChI is InChI=1S/C25H23N3O2S/c1-30-24-9-5-4-8-23(24)27-11-13-28(14-12-27)25(29)20-16-22(18-10-15-31-17-18)26-21-7-3-2-6-19(20)21/h2-10,15-17H,11-14H2,1H3. The molecule has 3 heterocycles. The average Bonchev–Trinajstić information content (AvgIpc) is 3.38. The van der Waals surface area contributed by atoms with E-state index < -0.39 is 0 Å². The lowest BCUT2D eigenvalue weighted by Gasteiger charge is -2.36. The first-order valence-electron chi connectivity index (χ1n) is 10.3. The second-order valence-corrected chi connectivity index (χ2v) is 8.32. The third-order valence-corrected chi connectivity index (χ3v) is 6.44. The number of nitrogens with zero attached hydrogens (tertiary/aromatic N) is 3. The van der Waals surface area contributed by atoms with Gasteiger partial charge in [-0.1, -0.05) is 30.3 Å². The number of carbonyl (C=O) groups is 1. The molecule has 2 aromatic heterocycles. The van der Waals surface area contributed by atoms with Crippen LogP contribution in [-0.2, 0) is 0 Å². The van der Waals surface area contributed by atoms with Gasteiger partial charge in [0.25, 0.3) is 5.91 Å². The Balaban J connectivity index is 1.42. The molecule has 0 atom stereocenters. The molecule has 2 aromatic carbocycles. The van der Waals surface area contributed by atoms with Gasteiger partial charge in [-0.25, -0.2) is 4.98 Å². The van der Waals surface area contributed by atoms with Crippen LogP contribution >= 0.6 is 11.3 Å². The number of carbonyl (C=O) groups excluding carboxylic acids is 1. The van der Waals surface area contributed by atoms with Crippen molar-refractivity contribution in [3.8, 4) is 17.0 Å². The van der Waals surface area contributed by atoms with E-state index >= 15 is 0 Å². The fourth-order valence-corrected chi connectivity index (χ4v) is 4.77. The number of amides is 1. The molecule has 1 aliphatic rings. The minimum absolute atomic E-state index is 0.0646. The van der Waals surface area contributed by atoms with Crippen LogP contribution in [0.5, 0.6) is 5.75 Å². The largest absolute Gasteiger partial charge is 0.495 e. The fraction of sp³-hybridized carbons (Fsp3) is 0.200. The first kappa shape index (κ1) is 19.6. The van der Waals surface area contributed by atoms with Gasteiger partial charge in [0.2, 0.25) is 0 Å². The molecule has 0 spiro atoms. The van der Waals surface area contributed by atoms with E-state index in [4.69, 9.17) is 9.72 Å². The van der Waals surface area contributed by atoms with Gasteiger partial charge >= 0.3 is 0 Å². The summed E-state index contributed by atoms with van der Waals surface area (Å²) in [7, 11) is 1.69. The number of ether oxygens (including phenoxy) is 1. The zero-order valence-electron chi connectivity index (χ0n) is 17.3. The van der Waals surface area contributed by atoms with E-state index in [9.17, 15) is 4.79 Å². The maximum Gasteiger partial charge on any atom is 0.254 e. The molecule has 6 heteroatoms. The zero-order chi connectivity index (χ0) is 21.2. The van der Waals surface area contributed by atoms with Gasteiger partial charge in [-0.15, -0.1) is 0 Å². The van der Waals surface area contributed by atoms with E-state index in [2.05, 4.69) is 16.3 Å². The topological polar surface area (TPSA) is 45.7 Å². The Morgan fingerprint density at radius 2 is 1.77 bits per heavy atom. The molecule has 0 radical (unpaired) electrons. The molecule has 1 saturated heterocycles. The number of hydrogen-bond acceptors (Lipinski definition) is 5. The van der Waals surface area contributed by atoms with Gasteiger partial charge in [-0.2, -0.15) is 11.3 Å². The molecule has 5 rings (SSSR count). The summed E-state index contributed by atoms with van der Waals surface area (Å²) in [5.74, 6) is 0.928. The number of anilines is 1. The highest BCUT2D eigenvalue weighted by molar-refractivity contribution is 7.08. The van der Waals surface area contributed by atoms with Crippen LogP contribution in [0.3, 0.4) is 0 Å². The number of fused-ring (bicyclic) bond motifs is 1. The molecule has 156 valence electrons. The molecule has 1 amide bonds. The van der Waals surface area contributed by atoms with Crippen molar-refractivity contribution in [2.45, 2.75) is 0 Å². The number of aromatic nitrogens is 1. The first-order chi connectivity index (χ1) is 15.2. The Morgan fingerprint density at radius 3 is 2.55 bits per heavy atom. The molecule has 1 fully saturated rings. The third-order valence-electron chi connectivity index (χ3n) is 5.76. The Morgan fingerprint density at radius 1 is 1.00 bits per heavy atom. The van der Waals surface area contributed by atoms with E-state index in [0.29, 0.717) is 13.1 Å². The second-order valence-electron chi connectivity index (χ2n) is 7.54. The number of pyridine rings is 1. The van der Waals surface area contributed by atoms with E-state index in [0.717, 1.165) is 52.3 Å². The molecule has 0 N–H and O–H groups in total. The minimum Gasteiger partial charge on any atom is -0.495 e. The maximum atomic E-state index is 13.6. The molecule has 0 bridgehead atoms. The molecular weight excluding hydrogens is 406 g/mol. The Labute approximate surface area is 185 Å². The summed E-state index contributed by atoms with van der Waals surface area (Å²) < 4.78 is 5.51. The molecular formula is C25H23N3O2S. The van der Waals surface area contributed by atoms with Crippen LogP contribution in [0, 0.1) is 0 Å². The Kier molecular flexibility index (Phi) is 5.30. The van der Waals surface area contributed by atoms with Gasteiger partial charge in [-0.3, -0.25) is 4.79 Å². The Bertz CT molecular complexity index is 1210. The van der Waals surface area contributed by atoms with Gasteiger partial charge in [-0.05, 0) is 35.7 Å². The smallest absolute Gasteiger partial charge is 0.254 e. The number of thiophene rings is 1. The summed E-state index contributed by atoms with van der Waals surface area (Å²) in [5, 5.41) is 5.00. The van der Waals surface area contributed by atoms with Gasteiger partial charge in [0.1, 0.15) is 5.75 Å². The normalized spacial score (nSPS) is 14.1. The summed E-state index contributed by atoms with van der Waals surface area (Å²) in [5.41, 5.74) is 4.53. The van der Waals surface area contributed by atoms with Crippen molar-refractivity contribution in [3.05, 3.63) is 77.0 Å². The highest BCUT2D eigenvalue weighted by Gasteiger charge is 2.25. The fourth-order valence-electron chi connectivity index (χ4n) is 4.12. The van der Waals surface area contributed by atoms with Crippen molar-refractivity contribution in [1.82, 2.24) is 9.88 Å². The van der Waals surface area contributed by atoms with Crippen LogP contribution < -0.4 is 9.64 Å². The number of piperazine rings is 1. The molecule has 0 saturated carbocycles. The lowest BCUT2D eigenvalue weighted by Crippen LogP contribution is -2.49. The summed E-state index contributed by atoms with van der Waals surface area (Å²) in [4.78, 5) is 22.6. The maximum absolute atomic E-state index is 13.6. The quantitative estimate of drug-likeness (QED) is 0.461. The lowest BCUT2D eigenvalue weighted by molar-refractivity contribution is 0.0748. The lowest BCUT2D eigenvalue weighted by atomic mass is 10.0. The van der Waals surface area contributed by atoms with Crippen molar-refractivity contribution >= 4 is 33.8 Å². The van der Waals surface area contributed by atoms with E-state index in [1.165, 1.54) is 0 Å². The van der Waals surface area contributed by atoms with Gasteiger partial charge in [0, 0.05) is 42.5 Å². The Hall–Kier alpha value is -3.38.